The van der Waals surface area contributed by atoms with Gasteiger partial charge in [0.25, 0.3) is 5.91 Å². The average Bonchev–Trinajstić information content (AvgIpc) is 3.06. The van der Waals surface area contributed by atoms with E-state index in [1.54, 1.807) is 30.3 Å². The zero-order valence-corrected chi connectivity index (χ0v) is 16.6. The van der Waals surface area contributed by atoms with Crippen molar-refractivity contribution in [2.24, 2.45) is 0 Å². The van der Waals surface area contributed by atoms with Gasteiger partial charge in [0, 0.05) is 21.8 Å². The summed E-state index contributed by atoms with van der Waals surface area (Å²) in [6.07, 6.45) is 0. The van der Waals surface area contributed by atoms with E-state index in [9.17, 15) is 4.79 Å². The Morgan fingerprint density at radius 3 is 2.62 bits per heavy atom. The summed E-state index contributed by atoms with van der Waals surface area (Å²) in [7, 11) is 1.46. The summed E-state index contributed by atoms with van der Waals surface area (Å²) in [4.78, 5) is 12.5. The summed E-state index contributed by atoms with van der Waals surface area (Å²) >= 11 is 15.7. The summed E-state index contributed by atoms with van der Waals surface area (Å²) < 4.78 is 11.7. The van der Waals surface area contributed by atoms with E-state index in [0.29, 0.717) is 33.5 Å². The van der Waals surface area contributed by atoms with Crippen LogP contribution in [0.25, 0.3) is 11.3 Å². The van der Waals surface area contributed by atoms with Crippen LogP contribution in [0.15, 0.2) is 51.4 Å². The molecule has 3 rings (SSSR count). The van der Waals surface area contributed by atoms with Crippen LogP contribution < -0.4 is 15.8 Å². The Hall–Kier alpha value is -2.15. The number of halogens is 3. The molecule has 134 valence electrons. The first kappa shape index (κ1) is 18.6. The van der Waals surface area contributed by atoms with E-state index in [-0.39, 0.29) is 10.8 Å². The second-order valence-corrected chi connectivity index (χ2v) is 7.05. The lowest BCUT2D eigenvalue weighted by Crippen LogP contribution is -2.12. The highest BCUT2D eigenvalue weighted by atomic mass is 79.9. The standard InChI is InChI=1S/C18H13BrCl2N2O3/c1-25-16-8-10(22)7-13(21)17(16)23-18(24)15-5-4-14(26-15)11-3-2-9(19)6-12(11)20/h2-8H,22H2,1H3,(H,23,24). The van der Waals surface area contributed by atoms with Gasteiger partial charge in [0.1, 0.15) is 17.2 Å². The highest BCUT2D eigenvalue weighted by Crippen LogP contribution is 2.36. The van der Waals surface area contributed by atoms with Gasteiger partial charge in [0.15, 0.2) is 5.76 Å². The minimum atomic E-state index is -0.477. The second kappa shape index (κ2) is 7.61. The average molecular weight is 456 g/mol. The van der Waals surface area contributed by atoms with Crippen molar-refractivity contribution in [3.63, 3.8) is 0 Å². The van der Waals surface area contributed by atoms with Gasteiger partial charge in [-0.3, -0.25) is 4.79 Å². The van der Waals surface area contributed by atoms with Gasteiger partial charge in [0.2, 0.25) is 0 Å². The Kier molecular flexibility index (Phi) is 5.46. The number of amides is 1. The first-order valence-corrected chi connectivity index (χ1v) is 8.93. The van der Waals surface area contributed by atoms with Crippen molar-refractivity contribution in [3.05, 3.63) is 62.7 Å². The van der Waals surface area contributed by atoms with Crippen LogP contribution in [-0.2, 0) is 0 Å². The molecule has 0 saturated heterocycles. The maximum atomic E-state index is 12.5. The van der Waals surface area contributed by atoms with E-state index < -0.39 is 5.91 Å². The molecule has 3 aromatic rings. The topological polar surface area (TPSA) is 77.5 Å². The number of rotatable bonds is 4. The van der Waals surface area contributed by atoms with Crippen molar-refractivity contribution >= 4 is 56.4 Å². The molecule has 2 aromatic carbocycles. The highest BCUT2D eigenvalue weighted by Gasteiger charge is 2.18. The first-order valence-electron chi connectivity index (χ1n) is 7.38. The molecule has 0 saturated carbocycles. The van der Waals surface area contributed by atoms with E-state index in [4.69, 9.17) is 38.1 Å². The van der Waals surface area contributed by atoms with Gasteiger partial charge in [0.05, 0.1) is 17.2 Å². The molecule has 0 bridgehead atoms. The first-order chi connectivity index (χ1) is 12.4. The summed E-state index contributed by atoms with van der Waals surface area (Å²) in [6, 6.07) is 11.7. The lowest BCUT2D eigenvalue weighted by molar-refractivity contribution is 0.0997. The molecular formula is C18H13BrCl2N2O3. The van der Waals surface area contributed by atoms with Crippen LogP contribution in [0.5, 0.6) is 5.75 Å². The number of nitrogens with one attached hydrogen (secondary N) is 1. The molecular weight excluding hydrogens is 443 g/mol. The maximum Gasteiger partial charge on any atom is 0.291 e. The SMILES string of the molecule is COc1cc(N)cc(Cl)c1NC(=O)c1ccc(-c2ccc(Br)cc2Cl)o1. The van der Waals surface area contributed by atoms with Gasteiger partial charge >= 0.3 is 0 Å². The van der Waals surface area contributed by atoms with Crippen LogP contribution in [0.2, 0.25) is 10.0 Å². The number of hydrogen-bond donors (Lipinski definition) is 2. The molecule has 0 unspecified atom stereocenters. The largest absolute Gasteiger partial charge is 0.494 e. The quantitative estimate of drug-likeness (QED) is 0.483. The third-order valence-electron chi connectivity index (χ3n) is 3.56. The monoisotopic (exact) mass is 454 g/mol. The maximum absolute atomic E-state index is 12.5. The zero-order valence-electron chi connectivity index (χ0n) is 13.5. The van der Waals surface area contributed by atoms with E-state index >= 15 is 0 Å². The molecule has 0 atom stereocenters. The number of ether oxygens (including phenoxy) is 1. The molecule has 1 heterocycles. The van der Waals surface area contributed by atoms with Crippen molar-refractivity contribution in [1.29, 1.82) is 0 Å². The van der Waals surface area contributed by atoms with Crippen LogP contribution in [0.4, 0.5) is 11.4 Å². The molecule has 1 aromatic heterocycles. The fourth-order valence-electron chi connectivity index (χ4n) is 2.35. The Bertz CT molecular complexity index is 989. The normalized spacial score (nSPS) is 10.6. The van der Waals surface area contributed by atoms with Gasteiger partial charge in [-0.15, -0.1) is 0 Å². The van der Waals surface area contributed by atoms with Gasteiger partial charge in [-0.1, -0.05) is 39.1 Å². The van der Waals surface area contributed by atoms with Crippen molar-refractivity contribution < 1.29 is 13.9 Å². The number of nitrogens with two attached hydrogens (primary N) is 1. The molecule has 5 nitrogen and oxygen atoms in total. The minimum Gasteiger partial charge on any atom is -0.494 e. The number of furan rings is 1. The Morgan fingerprint density at radius 2 is 1.92 bits per heavy atom. The molecule has 1 amide bonds. The van der Waals surface area contributed by atoms with Crippen LogP contribution in [0.1, 0.15) is 10.6 Å². The molecule has 3 N–H and O–H groups in total. The van der Waals surface area contributed by atoms with Crippen molar-refractivity contribution in [1.82, 2.24) is 0 Å². The molecule has 0 radical (unpaired) electrons. The molecule has 0 aliphatic heterocycles. The summed E-state index contributed by atoms with van der Waals surface area (Å²) in [5.74, 6) is 0.456. The molecule has 0 aliphatic rings. The lowest BCUT2D eigenvalue weighted by atomic mass is 10.2. The number of benzene rings is 2. The minimum absolute atomic E-state index is 0.105. The van der Waals surface area contributed by atoms with Crippen LogP contribution in [0.3, 0.4) is 0 Å². The Balaban J connectivity index is 1.88. The molecule has 0 spiro atoms. The summed E-state index contributed by atoms with van der Waals surface area (Å²) in [5.41, 5.74) is 7.14. The third-order valence-corrected chi connectivity index (χ3v) is 4.67. The Morgan fingerprint density at radius 1 is 1.15 bits per heavy atom. The van der Waals surface area contributed by atoms with Crippen molar-refractivity contribution in [3.8, 4) is 17.1 Å². The van der Waals surface area contributed by atoms with Crippen molar-refractivity contribution in [2.75, 3.05) is 18.2 Å². The third kappa shape index (κ3) is 3.82. The van der Waals surface area contributed by atoms with E-state index in [1.165, 1.54) is 13.2 Å². The number of carbonyl (C=O) groups is 1. The summed E-state index contributed by atoms with van der Waals surface area (Å²) in [6.45, 7) is 0. The second-order valence-electron chi connectivity index (χ2n) is 5.32. The molecule has 0 aliphatic carbocycles. The van der Waals surface area contributed by atoms with Crippen LogP contribution in [-0.4, -0.2) is 13.0 Å². The highest BCUT2D eigenvalue weighted by molar-refractivity contribution is 9.10. The lowest BCUT2D eigenvalue weighted by Gasteiger charge is -2.12. The predicted octanol–water partition coefficient (Wildman–Crippen LogP) is 5.86. The number of methoxy groups -OCH3 is 1. The van der Waals surface area contributed by atoms with Gasteiger partial charge in [-0.05, 0) is 36.4 Å². The van der Waals surface area contributed by atoms with Crippen molar-refractivity contribution in [2.45, 2.75) is 0 Å². The van der Waals surface area contributed by atoms with E-state index in [2.05, 4.69) is 21.2 Å². The Labute approximate surface area is 168 Å². The van der Waals surface area contributed by atoms with E-state index in [0.717, 1.165) is 4.47 Å². The number of anilines is 2. The smallest absolute Gasteiger partial charge is 0.291 e. The number of hydrogen-bond acceptors (Lipinski definition) is 4. The predicted molar refractivity (Wildman–Crippen MR) is 107 cm³/mol. The van der Waals surface area contributed by atoms with Gasteiger partial charge in [-0.2, -0.15) is 0 Å². The van der Waals surface area contributed by atoms with Crippen LogP contribution >= 0.6 is 39.1 Å². The van der Waals surface area contributed by atoms with Gasteiger partial charge in [-0.25, -0.2) is 0 Å². The zero-order chi connectivity index (χ0) is 18.8. The summed E-state index contributed by atoms with van der Waals surface area (Å²) in [5, 5.41) is 3.44. The molecule has 26 heavy (non-hydrogen) atoms. The van der Waals surface area contributed by atoms with E-state index in [1.807, 2.05) is 6.07 Å². The number of nitrogen functional groups attached to an aromatic ring is 1. The fourth-order valence-corrected chi connectivity index (χ4v) is 3.39. The van der Waals surface area contributed by atoms with Gasteiger partial charge < -0.3 is 20.2 Å². The molecule has 0 fully saturated rings. The molecule has 8 heteroatoms. The van der Waals surface area contributed by atoms with Crippen LogP contribution in [0, 0.1) is 0 Å². The number of carbonyl (C=O) groups excluding carboxylic acids is 1. The fraction of sp³-hybridized carbons (Fsp3) is 0.0556.